The molecule has 3 unspecified atom stereocenters. The van der Waals surface area contributed by atoms with Crippen molar-refractivity contribution in [2.75, 3.05) is 32.7 Å². The van der Waals surface area contributed by atoms with E-state index in [1.165, 1.54) is 12.8 Å². The summed E-state index contributed by atoms with van der Waals surface area (Å²) in [5, 5.41) is 0. The van der Waals surface area contributed by atoms with E-state index in [1.54, 1.807) is 7.11 Å². The minimum atomic E-state index is 0.00386. The maximum Gasteiger partial charge on any atom is 0.320 e. The minimum Gasteiger partial charge on any atom is -0.468 e. The number of aromatic nitrogens is 4. The van der Waals surface area contributed by atoms with E-state index in [2.05, 4.69) is 9.97 Å². The van der Waals surface area contributed by atoms with E-state index in [-0.39, 0.29) is 18.2 Å². The number of nitrogens with zero attached hydrogens (tertiary/aromatic N) is 4. The fourth-order valence-electron chi connectivity index (χ4n) is 4.61. The number of ether oxygens (including phenoxy) is 4. The summed E-state index contributed by atoms with van der Waals surface area (Å²) in [6.07, 6.45) is 8.91. The topological polar surface area (TPSA) is 107 Å². The molecule has 0 amide bonds. The van der Waals surface area contributed by atoms with Crippen molar-refractivity contribution in [3.63, 3.8) is 0 Å². The lowest BCUT2D eigenvalue weighted by Crippen LogP contribution is -2.28. The number of anilines is 1. The number of hydrogen-bond acceptors (Lipinski definition) is 8. The monoisotopic (exact) mass is 417 g/mol. The second kappa shape index (κ2) is 8.55. The van der Waals surface area contributed by atoms with Crippen LogP contribution in [-0.2, 0) is 9.47 Å². The Morgan fingerprint density at radius 3 is 2.63 bits per heavy atom. The minimum absolute atomic E-state index is 0.00386. The summed E-state index contributed by atoms with van der Waals surface area (Å²) >= 11 is 0. The number of nitrogen functional groups attached to an aromatic ring is 1. The van der Waals surface area contributed by atoms with Crippen LogP contribution in [0.3, 0.4) is 0 Å². The van der Waals surface area contributed by atoms with Crippen LogP contribution in [0.15, 0.2) is 0 Å². The lowest BCUT2D eigenvalue weighted by Gasteiger charge is -2.27. The zero-order valence-corrected chi connectivity index (χ0v) is 17.6. The standard InChI is InChI=1S/C21H31N5O4/c1-27-21-23-17-18(22)24-20(30-11-8-13-6-7-13)25-19(17)26(21)15(16-5-3-10-29-16)12-14-4-2-9-28-14/h13-16H,2-12H2,1H3,(H2,22,24,25). The van der Waals surface area contributed by atoms with Gasteiger partial charge in [0, 0.05) is 13.2 Å². The Balaban J connectivity index is 1.50. The van der Waals surface area contributed by atoms with Gasteiger partial charge in [0.05, 0.1) is 32.0 Å². The second-order valence-electron chi connectivity index (χ2n) is 8.60. The average Bonchev–Trinajstić information content (AvgIpc) is 3.17. The third-order valence-corrected chi connectivity index (χ3v) is 6.40. The van der Waals surface area contributed by atoms with E-state index in [9.17, 15) is 0 Å². The molecular formula is C21H31N5O4. The molecule has 0 aromatic carbocycles. The van der Waals surface area contributed by atoms with Gasteiger partial charge in [0.2, 0.25) is 0 Å². The van der Waals surface area contributed by atoms with E-state index in [4.69, 9.17) is 29.7 Å². The van der Waals surface area contributed by atoms with Gasteiger partial charge in [0.1, 0.15) is 0 Å². The number of imidazole rings is 1. The first-order valence-corrected chi connectivity index (χ1v) is 11.2. The molecular weight excluding hydrogens is 386 g/mol. The van der Waals surface area contributed by atoms with E-state index >= 15 is 0 Å². The Morgan fingerprint density at radius 2 is 1.93 bits per heavy atom. The van der Waals surface area contributed by atoms with Gasteiger partial charge in [0.25, 0.3) is 6.01 Å². The van der Waals surface area contributed by atoms with Crippen molar-refractivity contribution in [1.82, 2.24) is 19.5 Å². The van der Waals surface area contributed by atoms with E-state index < -0.39 is 0 Å². The average molecular weight is 418 g/mol. The molecule has 3 atom stereocenters. The fourth-order valence-corrected chi connectivity index (χ4v) is 4.61. The first kappa shape index (κ1) is 19.8. The summed E-state index contributed by atoms with van der Waals surface area (Å²) in [5.41, 5.74) is 7.41. The van der Waals surface area contributed by atoms with Crippen LogP contribution in [0.2, 0.25) is 0 Å². The largest absolute Gasteiger partial charge is 0.468 e. The van der Waals surface area contributed by atoms with Gasteiger partial charge in [-0.05, 0) is 44.4 Å². The van der Waals surface area contributed by atoms with Crippen molar-refractivity contribution >= 4 is 17.0 Å². The molecule has 2 aromatic rings. The van der Waals surface area contributed by atoms with Gasteiger partial charge < -0.3 is 24.7 Å². The summed E-state index contributed by atoms with van der Waals surface area (Å²) in [7, 11) is 1.62. The smallest absolute Gasteiger partial charge is 0.320 e. The SMILES string of the molecule is COc1nc2c(N)nc(OCCC3CC3)nc2n1C(CC1CCCO1)C1CCCO1. The molecule has 5 rings (SSSR count). The highest BCUT2D eigenvalue weighted by Crippen LogP contribution is 2.38. The van der Waals surface area contributed by atoms with Gasteiger partial charge in [0.15, 0.2) is 17.0 Å². The highest BCUT2D eigenvalue weighted by molar-refractivity contribution is 5.83. The number of rotatable bonds is 9. The quantitative estimate of drug-likeness (QED) is 0.664. The van der Waals surface area contributed by atoms with Crippen LogP contribution in [0, 0.1) is 5.92 Å². The zero-order chi connectivity index (χ0) is 20.5. The molecule has 30 heavy (non-hydrogen) atoms. The van der Waals surface area contributed by atoms with Crippen LogP contribution >= 0.6 is 0 Å². The Morgan fingerprint density at radius 1 is 1.10 bits per heavy atom. The summed E-state index contributed by atoms with van der Waals surface area (Å²) in [6.45, 7) is 2.19. The molecule has 3 aliphatic rings. The van der Waals surface area contributed by atoms with Gasteiger partial charge >= 0.3 is 6.01 Å². The van der Waals surface area contributed by atoms with Crippen molar-refractivity contribution in [1.29, 1.82) is 0 Å². The van der Waals surface area contributed by atoms with Crippen molar-refractivity contribution in [2.24, 2.45) is 5.92 Å². The number of methoxy groups -OCH3 is 1. The summed E-state index contributed by atoms with van der Waals surface area (Å²) in [6, 6.07) is 0.774. The van der Waals surface area contributed by atoms with E-state index in [0.29, 0.717) is 35.6 Å². The molecule has 3 fully saturated rings. The molecule has 4 heterocycles. The first-order valence-electron chi connectivity index (χ1n) is 11.2. The highest BCUT2D eigenvalue weighted by atomic mass is 16.5. The van der Waals surface area contributed by atoms with Gasteiger partial charge in [-0.25, -0.2) is 0 Å². The second-order valence-corrected chi connectivity index (χ2v) is 8.60. The third-order valence-electron chi connectivity index (χ3n) is 6.40. The van der Waals surface area contributed by atoms with Gasteiger partial charge in [-0.2, -0.15) is 15.0 Å². The molecule has 0 spiro atoms. The third kappa shape index (κ3) is 4.05. The molecule has 2 aliphatic heterocycles. The zero-order valence-electron chi connectivity index (χ0n) is 17.6. The maximum absolute atomic E-state index is 6.24. The molecule has 164 valence electrons. The molecule has 1 saturated carbocycles. The summed E-state index contributed by atoms with van der Waals surface area (Å²) in [4.78, 5) is 13.6. The van der Waals surface area contributed by atoms with Crippen LogP contribution in [0.25, 0.3) is 11.2 Å². The summed E-state index contributed by atoms with van der Waals surface area (Å²) in [5.74, 6) is 1.09. The van der Waals surface area contributed by atoms with Crippen molar-refractivity contribution < 1.29 is 18.9 Å². The lowest BCUT2D eigenvalue weighted by atomic mass is 9.99. The molecule has 2 N–H and O–H groups in total. The number of hydrogen-bond donors (Lipinski definition) is 1. The first-order chi connectivity index (χ1) is 14.7. The number of fused-ring (bicyclic) bond motifs is 1. The lowest BCUT2D eigenvalue weighted by molar-refractivity contribution is 0.0286. The van der Waals surface area contributed by atoms with Crippen LogP contribution in [0.4, 0.5) is 5.82 Å². The Hall–Kier alpha value is -2.13. The molecule has 0 bridgehead atoms. The molecule has 2 saturated heterocycles. The maximum atomic E-state index is 6.24. The van der Waals surface area contributed by atoms with Crippen LogP contribution in [0.5, 0.6) is 12.0 Å². The van der Waals surface area contributed by atoms with Crippen molar-refractivity contribution in [3.8, 4) is 12.0 Å². The highest BCUT2D eigenvalue weighted by Gasteiger charge is 2.35. The van der Waals surface area contributed by atoms with Gasteiger partial charge in [-0.3, -0.25) is 4.57 Å². The Kier molecular flexibility index (Phi) is 5.64. The fraction of sp³-hybridized carbons (Fsp3) is 0.762. The molecule has 1 aliphatic carbocycles. The molecule has 2 aromatic heterocycles. The van der Waals surface area contributed by atoms with Crippen molar-refractivity contribution in [3.05, 3.63) is 0 Å². The van der Waals surface area contributed by atoms with Crippen LogP contribution < -0.4 is 15.2 Å². The van der Waals surface area contributed by atoms with Crippen molar-refractivity contribution in [2.45, 2.75) is 69.6 Å². The van der Waals surface area contributed by atoms with Crippen LogP contribution in [-0.4, -0.2) is 58.7 Å². The van der Waals surface area contributed by atoms with E-state index in [1.807, 2.05) is 4.57 Å². The molecule has 9 heteroatoms. The molecule has 9 nitrogen and oxygen atoms in total. The summed E-state index contributed by atoms with van der Waals surface area (Å²) < 4.78 is 25.5. The predicted molar refractivity (Wildman–Crippen MR) is 111 cm³/mol. The van der Waals surface area contributed by atoms with Gasteiger partial charge in [-0.15, -0.1) is 0 Å². The van der Waals surface area contributed by atoms with E-state index in [0.717, 1.165) is 57.7 Å². The van der Waals surface area contributed by atoms with Gasteiger partial charge in [-0.1, -0.05) is 12.8 Å². The molecule has 0 radical (unpaired) electrons. The Labute approximate surface area is 176 Å². The Bertz CT molecular complexity index is 872. The normalized spacial score (nSPS) is 25.1. The van der Waals surface area contributed by atoms with Crippen LogP contribution in [0.1, 0.15) is 57.4 Å². The number of nitrogens with two attached hydrogens (primary N) is 1. The predicted octanol–water partition coefficient (Wildman–Crippen LogP) is 2.89.